The SMILES string of the molecule is CCCCc1nc(-c2ccc(F)cc2)c(CO)[nH]1. The van der Waals surface area contributed by atoms with Gasteiger partial charge in [0.2, 0.25) is 0 Å². The summed E-state index contributed by atoms with van der Waals surface area (Å²) in [6, 6.07) is 6.15. The van der Waals surface area contributed by atoms with Gasteiger partial charge in [-0.15, -0.1) is 0 Å². The largest absolute Gasteiger partial charge is 0.390 e. The molecule has 1 heterocycles. The first-order chi connectivity index (χ1) is 8.74. The number of aliphatic hydroxyl groups excluding tert-OH is 1. The number of hydrogen-bond donors (Lipinski definition) is 2. The van der Waals surface area contributed by atoms with E-state index in [4.69, 9.17) is 0 Å². The number of hydrogen-bond acceptors (Lipinski definition) is 2. The quantitative estimate of drug-likeness (QED) is 0.854. The van der Waals surface area contributed by atoms with E-state index in [1.165, 1.54) is 12.1 Å². The number of aryl methyl sites for hydroxylation is 1. The Morgan fingerprint density at radius 1 is 1.28 bits per heavy atom. The van der Waals surface area contributed by atoms with Crippen molar-refractivity contribution in [2.75, 3.05) is 0 Å². The van der Waals surface area contributed by atoms with Crippen molar-refractivity contribution in [1.82, 2.24) is 9.97 Å². The standard InChI is InChI=1S/C14H17FN2O/c1-2-3-4-13-16-12(9-18)14(17-13)10-5-7-11(15)8-6-10/h5-8,18H,2-4,9H2,1H3,(H,16,17). The van der Waals surface area contributed by atoms with Gasteiger partial charge in [-0.1, -0.05) is 13.3 Å². The molecule has 0 saturated carbocycles. The Bertz CT molecular complexity index is 505. The molecule has 1 aromatic heterocycles. The Kier molecular flexibility index (Phi) is 4.10. The van der Waals surface area contributed by atoms with Gasteiger partial charge in [0.1, 0.15) is 11.6 Å². The third-order valence-electron chi connectivity index (χ3n) is 2.87. The number of benzene rings is 1. The van der Waals surface area contributed by atoms with Crippen molar-refractivity contribution in [3.63, 3.8) is 0 Å². The molecule has 3 nitrogen and oxygen atoms in total. The summed E-state index contributed by atoms with van der Waals surface area (Å²) in [5.41, 5.74) is 2.22. The van der Waals surface area contributed by atoms with E-state index in [-0.39, 0.29) is 12.4 Å². The second kappa shape index (κ2) is 5.78. The number of rotatable bonds is 5. The highest BCUT2D eigenvalue weighted by molar-refractivity contribution is 5.61. The van der Waals surface area contributed by atoms with E-state index in [1.807, 2.05) is 0 Å². The zero-order valence-electron chi connectivity index (χ0n) is 10.4. The smallest absolute Gasteiger partial charge is 0.123 e. The highest BCUT2D eigenvalue weighted by atomic mass is 19.1. The van der Waals surface area contributed by atoms with Gasteiger partial charge >= 0.3 is 0 Å². The van der Waals surface area contributed by atoms with Crippen LogP contribution in [-0.4, -0.2) is 15.1 Å². The molecule has 0 aliphatic carbocycles. The van der Waals surface area contributed by atoms with Crippen LogP contribution in [0.2, 0.25) is 0 Å². The normalized spacial score (nSPS) is 10.8. The van der Waals surface area contributed by atoms with Crippen molar-refractivity contribution in [3.05, 3.63) is 41.6 Å². The average Bonchev–Trinajstić information content (AvgIpc) is 2.80. The zero-order chi connectivity index (χ0) is 13.0. The van der Waals surface area contributed by atoms with Crippen LogP contribution in [-0.2, 0) is 13.0 Å². The Hall–Kier alpha value is -1.68. The van der Waals surface area contributed by atoms with Crippen LogP contribution < -0.4 is 0 Å². The summed E-state index contributed by atoms with van der Waals surface area (Å²) in [4.78, 5) is 7.60. The second-order valence-corrected chi connectivity index (χ2v) is 4.28. The minimum absolute atomic E-state index is 0.0914. The highest BCUT2D eigenvalue weighted by Gasteiger charge is 2.11. The third-order valence-corrected chi connectivity index (χ3v) is 2.87. The van der Waals surface area contributed by atoms with Crippen LogP contribution in [0.3, 0.4) is 0 Å². The molecule has 0 aliphatic rings. The fraction of sp³-hybridized carbons (Fsp3) is 0.357. The zero-order valence-corrected chi connectivity index (χ0v) is 10.4. The number of unbranched alkanes of at least 4 members (excludes halogenated alkanes) is 1. The van der Waals surface area contributed by atoms with Gasteiger partial charge < -0.3 is 10.1 Å². The third kappa shape index (κ3) is 2.76. The lowest BCUT2D eigenvalue weighted by molar-refractivity contribution is 0.278. The molecule has 18 heavy (non-hydrogen) atoms. The first-order valence-corrected chi connectivity index (χ1v) is 6.19. The fourth-order valence-corrected chi connectivity index (χ4v) is 1.89. The van der Waals surface area contributed by atoms with E-state index in [1.54, 1.807) is 12.1 Å². The van der Waals surface area contributed by atoms with Crippen LogP contribution >= 0.6 is 0 Å². The molecule has 2 aromatic rings. The van der Waals surface area contributed by atoms with Gasteiger partial charge in [0.25, 0.3) is 0 Å². The molecule has 0 fully saturated rings. The summed E-state index contributed by atoms with van der Waals surface area (Å²) in [6.07, 6.45) is 3.02. The molecule has 0 spiro atoms. The predicted octanol–water partition coefficient (Wildman–Crippen LogP) is 3.05. The van der Waals surface area contributed by atoms with Crippen molar-refractivity contribution >= 4 is 0 Å². The van der Waals surface area contributed by atoms with Gasteiger partial charge in [-0.3, -0.25) is 0 Å². The van der Waals surface area contributed by atoms with Crippen LogP contribution in [0.1, 0.15) is 31.3 Å². The molecule has 4 heteroatoms. The first-order valence-electron chi connectivity index (χ1n) is 6.19. The molecule has 96 valence electrons. The maximum atomic E-state index is 12.9. The summed E-state index contributed by atoms with van der Waals surface area (Å²) in [7, 11) is 0. The molecule has 2 rings (SSSR count). The van der Waals surface area contributed by atoms with Crippen molar-refractivity contribution in [2.45, 2.75) is 32.8 Å². The van der Waals surface area contributed by atoms with E-state index < -0.39 is 0 Å². The Morgan fingerprint density at radius 2 is 2.00 bits per heavy atom. The summed E-state index contributed by atoms with van der Waals surface area (Å²) in [5, 5.41) is 9.33. The Morgan fingerprint density at radius 3 is 2.61 bits per heavy atom. The van der Waals surface area contributed by atoms with Gasteiger partial charge in [0.15, 0.2) is 0 Å². The monoisotopic (exact) mass is 248 g/mol. The first kappa shape index (κ1) is 12.8. The molecule has 0 amide bonds. The molecule has 2 N–H and O–H groups in total. The van der Waals surface area contributed by atoms with Crippen molar-refractivity contribution in [3.8, 4) is 11.3 Å². The number of nitrogens with zero attached hydrogens (tertiary/aromatic N) is 1. The second-order valence-electron chi connectivity index (χ2n) is 4.28. The van der Waals surface area contributed by atoms with E-state index >= 15 is 0 Å². The fourth-order valence-electron chi connectivity index (χ4n) is 1.89. The van der Waals surface area contributed by atoms with Gasteiger partial charge in [-0.05, 0) is 30.7 Å². The molecule has 0 atom stereocenters. The van der Waals surface area contributed by atoms with Gasteiger partial charge in [0, 0.05) is 12.0 Å². The minimum atomic E-state index is -0.272. The number of aromatic amines is 1. The predicted molar refractivity (Wildman–Crippen MR) is 68.5 cm³/mol. The summed E-state index contributed by atoms with van der Waals surface area (Å²) >= 11 is 0. The molecule has 0 saturated heterocycles. The maximum Gasteiger partial charge on any atom is 0.123 e. The average molecular weight is 248 g/mol. The van der Waals surface area contributed by atoms with Crippen molar-refractivity contribution < 1.29 is 9.50 Å². The van der Waals surface area contributed by atoms with E-state index in [0.717, 1.165) is 30.7 Å². The van der Waals surface area contributed by atoms with Crippen LogP contribution in [0.25, 0.3) is 11.3 Å². The Balaban J connectivity index is 2.30. The number of H-pyrrole nitrogens is 1. The van der Waals surface area contributed by atoms with Crippen LogP contribution in [0, 0.1) is 5.82 Å². The van der Waals surface area contributed by atoms with Crippen LogP contribution in [0.15, 0.2) is 24.3 Å². The minimum Gasteiger partial charge on any atom is -0.390 e. The number of aliphatic hydroxyl groups is 1. The number of halogens is 1. The molecule has 1 aromatic carbocycles. The Labute approximate surface area is 106 Å². The van der Waals surface area contributed by atoms with E-state index in [9.17, 15) is 9.50 Å². The van der Waals surface area contributed by atoms with E-state index in [2.05, 4.69) is 16.9 Å². The lowest BCUT2D eigenvalue weighted by Crippen LogP contribution is -1.88. The molecule has 0 radical (unpaired) electrons. The molecular formula is C14H17FN2O. The molecule has 0 aliphatic heterocycles. The molecule has 0 unspecified atom stereocenters. The van der Waals surface area contributed by atoms with Crippen molar-refractivity contribution in [1.29, 1.82) is 0 Å². The van der Waals surface area contributed by atoms with Gasteiger partial charge in [0.05, 0.1) is 18.0 Å². The topological polar surface area (TPSA) is 48.9 Å². The lowest BCUT2D eigenvalue weighted by atomic mass is 10.1. The summed E-state index contributed by atoms with van der Waals surface area (Å²) < 4.78 is 12.9. The van der Waals surface area contributed by atoms with Crippen molar-refractivity contribution in [2.24, 2.45) is 0 Å². The van der Waals surface area contributed by atoms with Crippen LogP contribution in [0.4, 0.5) is 4.39 Å². The molecule has 0 bridgehead atoms. The van der Waals surface area contributed by atoms with Gasteiger partial charge in [-0.25, -0.2) is 9.37 Å². The summed E-state index contributed by atoms with van der Waals surface area (Å²) in [6.45, 7) is 2.03. The van der Waals surface area contributed by atoms with Gasteiger partial charge in [-0.2, -0.15) is 0 Å². The maximum absolute atomic E-state index is 12.9. The number of aromatic nitrogens is 2. The summed E-state index contributed by atoms with van der Waals surface area (Å²) in [5.74, 6) is 0.603. The number of imidazole rings is 1. The molecular weight excluding hydrogens is 231 g/mol. The van der Waals surface area contributed by atoms with E-state index in [0.29, 0.717) is 11.4 Å². The lowest BCUT2D eigenvalue weighted by Gasteiger charge is -1.99. The number of nitrogens with one attached hydrogen (secondary N) is 1. The van der Waals surface area contributed by atoms with Crippen LogP contribution in [0.5, 0.6) is 0 Å². The highest BCUT2D eigenvalue weighted by Crippen LogP contribution is 2.22.